The molecule has 1 unspecified atom stereocenters. The highest BCUT2D eigenvalue weighted by Crippen LogP contribution is 2.17. The summed E-state index contributed by atoms with van der Waals surface area (Å²) >= 11 is 0. The number of halogens is 1. The van der Waals surface area contributed by atoms with E-state index in [4.69, 9.17) is 0 Å². The van der Waals surface area contributed by atoms with Gasteiger partial charge in [-0.1, -0.05) is 0 Å². The maximum absolute atomic E-state index is 13.1. The van der Waals surface area contributed by atoms with E-state index in [1.165, 1.54) is 12.4 Å². The molecule has 4 nitrogen and oxygen atoms in total. The molecular weight excluding hydrogens is 197 g/mol. The molecule has 15 heavy (non-hydrogen) atoms. The molecule has 0 spiro atoms. The zero-order valence-electron chi connectivity index (χ0n) is 8.27. The Balaban J connectivity index is 2.11. The summed E-state index contributed by atoms with van der Waals surface area (Å²) in [6.45, 7) is 1.13. The molecule has 0 amide bonds. The minimum atomic E-state index is -0.798. The summed E-state index contributed by atoms with van der Waals surface area (Å²) in [6.07, 6.45) is 4.24. The molecule has 1 atom stereocenters. The fourth-order valence-corrected chi connectivity index (χ4v) is 1.66. The lowest BCUT2D eigenvalue weighted by atomic mass is 10.1. The Hall–Kier alpha value is -1.52. The predicted octanol–water partition coefficient (Wildman–Crippen LogP) is 1.23. The van der Waals surface area contributed by atoms with Gasteiger partial charge in [0.25, 0.3) is 0 Å². The van der Waals surface area contributed by atoms with Gasteiger partial charge in [0.15, 0.2) is 6.29 Å². The Bertz CT molecular complexity index is 341. The number of hydrogen-bond acceptors (Lipinski definition) is 4. The molecule has 1 aliphatic rings. The summed E-state index contributed by atoms with van der Waals surface area (Å²) in [5.41, 5.74) is 0.438. The van der Waals surface area contributed by atoms with Crippen molar-refractivity contribution in [3.63, 3.8) is 0 Å². The van der Waals surface area contributed by atoms with Crippen LogP contribution in [0.4, 0.5) is 10.3 Å². The van der Waals surface area contributed by atoms with Crippen LogP contribution < -0.4 is 4.90 Å². The predicted molar refractivity (Wildman–Crippen MR) is 53.8 cm³/mol. The van der Waals surface area contributed by atoms with Crippen molar-refractivity contribution >= 4 is 12.2 Å². The van der Waals surface area contributed by atoms with Crippen molar-refractivity contribution < 1.29 is 9.18 Å². The van der Waals surface area contributed by atoms with Crippen molar-refractivity contribution in [2.24, 2.45) is 0 Å². The lowest BCUT2D eigenvalue weighted by molar-refractivity contribution is 0.112. The van der Waals surface area contributed by atoms with Gasteiger partial charge < -0.3 is 4.90 Å². The Labute approximate surface area is 87.1 Å². The minimum Gasteiger partial charge on any atom is -0.338 e. The number of anilines is 1. The van der Waals surface area contributed by atoms with E-state index in [-0.39, 0.29) is 0 Å². The quantitative estimate of drug-likeness (QED) is 0.687. The van der Waals surface area contributed by atoms with E-state index >= 15 is 0 Å². The van der Waals surface area contributed by atoms with E-state index in [0.717, 1.165) is 13.0 Å². The first kappa shape index (κ1) is 10.0. The summed E-state index contributed by atoms with van der Waals surface area (Å²) in [6, 6.07) is 0. The van der Waals surface area contributed by atoms with Crippen LogP contribution in [0.2, 0.25) is 0 Å². The van der Waals surface area contributed by atoms with Gasteiger partial charge in [-0.3, -0.25) is 4.79 Å². The summed E-state index contributed by atoms with van der Waals surface area (Å²) in [7, 11) is 0. The third kappa shape index (κ3) is 2.29. The Morgan fingerprint density at radius 3 is 2.80 bits per heavy atom. The van der Waals surface area contributed by atoms with Crippen LogP contribution in [0.3, 0.4) is 0 Å². The van der Waals surface area contributed by atoms with Crippen molar-refractivity contribution in [2.45, 2.75) is 19.0 Å². The van der Waals surface area contributed by atoms with Crippen LogP contribution in [-0.4, -0.2) is 35.5 Å². The van der Waals surface area contributed by atoms with Gasteiger partial charge in [-0.2, -0.15) is 0 Å². The highest BCUT2D eigenvalue weighted by atomic mass is 19.1. The Kier molecular flexibility index (Phi) is 2.89. The topological polar surface area (TPSA) is 46.1 Å². The Morgan fingerprint density at radius 1 is 1.47 bits per heavy atom. The number of alkyl halides is 1. The molecule has 80 valence electrons. The summed E-state index contributed by atoms with van der Waals surface area (Å²) < 4.78 is 13.1. The van der Waals surface area contributed by atoms with Crippen LogP contribution in [0.15, 0.2) is 12.4 Å². The number of nitrogens with zero attached hydrogens (tertiary/aromatic N) is 3. The lowest BCUT2D eigenvalue weighted by Gasteiger charge is -2.28. The molecule has 1 fully saturated rings. The van der Waals surface area contributed by atoms with Crippen molar-refractivity contribution in [3.8, 4) is 0 Å². The first-order chi connectivity index (χ1) is 7.29. The van der Waals surface area contributed by atoms with Gasteiger partial charge >= 0.3 is 0 Å². The second-order valence-electron chi connectivity index (χ2n) is 3.62. The number of rotatable bonds is 2. The second kappa shape index (κ2) is 4.33. The molecule has 0 aliphatic carbocycles. The Morgan fingerprint density at radius 2 is 2.20 bits per heavy atom. The van der Waals surface area contributed by atoms with E-state index < -0.39 is 6.17 Å². The molecule has 2 rings (SSSR count). The molecule has 1 aliphatic heterocycles. The highest BCUT2D eigenvalue weighted by Gasteiger charge is 2.20. The average Bonchev–Trinajstić information content (AvgIpc) is 2.29. The summed E-state index contributed by atoms with van der Waals surface area (Å²) in [5.74, 6) is 0.503. The summed E-state index contributed by atoms with van der Waals surface area (Å²) in [5, 5.41) is 0. The fraction of sp³-hybridized carbons (Fsp3) is 0.500. The van der Waals surface area contributed by atoms with E-state index in [1.807, 2.05) is 4.90 Å². The number of aromatic nitrogens is 2. The molecule has 0 N–H and O–H groups in total. The molecule has 0 radical (unpaired) electrons. The smallest absolute Gasteiger partial charge is 0.225 e. The van der Waals surface area contributed by atoms with Gasteiger partial charge in [-0.25, -0.2) is 14.4 Å². The highest BCUT2D eigenvalue weighted by molar-refractivity contribution is 5.73. The molecule has 1 saturated heterocycles. The van der Waals surface area contributed by atoms with Gasteiger partial charge in [0.05, 0.1) is 12.1 Å². The number of carbonyl (C=O) groups excluding carboxylic acids is 1. The van der Waals surface area contributed by atoms with Crippen molar-refractivity contribution in [1.82, 2.24) is 9.97 Å². The largest absolute Gasteiger partial charge is 0.338 e. The standard InChI is InChI=1S/C10H12FN3O/c11-9-2-1-3-14(6-9)10-12-4-8(7-15)5-13-10/h4-5,7,9H,1-3,6H2. The van der Waals surface area contributed by atoms with Crippen LogP contribution in [0.5, 0.6) is 0 Å². The monoisotopic (exact) mass is 209 g/mol. The van der Waals surface area contributed by atoms with Crippen LogP contribution in [0.25, 0.3) is 0 Å². The molecule has 5 heteroatoms. The van der Waals surface area contributed by atoms with Crippen LogP contribution in [0.1, 0.15) is 23.2 Å². The molecule has 1 aromatic heterocycles. The van der Waals surface area contributed by atoms with Crippen molar-refractivity contribution in [2.75, 3.05) is 18.0 Å². The maximum atomic E-state index is 13.1. The molecule has 0 bridgehead atoms. The van der Waals surface area contributed by atoms with Gasteiger partial charge in [0.1, 0.15) is 6.17 Å². The van der Waals surface area contributed by atoms with Crippen molar-refractivity contribution in [3.05, 3.63) is 18.0 Å². The normalized spacial score (nSPS) is 21.4. The van der Waals surface area contributed by atoms with Gasteiger partial charge in [-0.15, -0.1) is 0 Å². The summed E-state index contributed by atoms with van der Waals surface area (Å²) in [4.78, 5) is 20.2. The zero-order valence-corrected chi connectivity index (χ0v) is 8.27. The van der Waals surface area contributed by atoms with E-state index in [0.29, 0.717) is 30.8 Å². The first-order valence-electron chi connectivity index (χ1n) is 4.96. The third-order valence-electron chi connectivity index (χ3n) is 2.44. The molecule has 0 saturated carbocycles. The van der Waals surface area contributed by atoms with Gasteiger partial charge in [-0.05, 0) is 12.8 Å². The molecule has 0 aromatic carbocycles. The maximum Gasteiger partial charge on any atom is 0.225 e. The SMILES string of the molecule is O=Cc1cnc(N2CCCC(F)C2)nc1. The number of aldehydes is 1. The van der Waals surface area contributed by atoms with E-state index in [9.17, 15) is 9.18 Å². The number of piperidine rings is 1. The van der Waals surface area contributed by atoms with Crippen LogP contribution >= 0.6 is 0 Å². The zero-order chi connectivity index (χ0) is 10.7. The fourth-order valence-electron chi connectivity index (χ4n) is 1.66. The third-order valence-corrected chi connectivity index (χ3v) is 2.44. The molecule has 2 heterocycles. The van der Waals surface area contributed by atoms with E-state index in [1.54, 1.807) is 0 Å². The van der Waals surface area contributed by atoms with Crippen LogP contribution in [0, 0.1) is 0 Å². The second-order valence-corrected chi connectivity index (χ2v) is 3.62. The van der Waals surface area contributed by atoms with Crippen molar-refractivity contribution in [1.29, 1.82) is 0 Å². The number of carbonyl (C=O) groups is 1. The minimum absolute atomic E-state index is 0.348. The van der Waals surface area contributed by atoms with Gasteiger partial charge in [0, 0.05) is 18.9 Å². The van der Waals surface area contributed by atoms with Gasteiger partial charge in [0.2, 0.25) is 5.95 Å². The number of hydrogen-bond donors (Lipinski definition) is 0. The lowest BCUT2D eigenvalue weighted by Crippen LogP contribution is -2.37. The van der Waals surface area contributed by atoms with E-state index in [2.05, 4.69) is 9.97 Å². The van der Waals surface area contributed by atoms with Crippen LogP contribution in [-0.2, 0) is 0 Å². The molecule has 1 aromatic rings. The average molecular weight is 209 g/mol. The first-order valence-corrected chi connectivity index (χ1v) is 4.96. The molecular formula is C10H12FN3O.